The highest BCUT2D eigenvalue weighted by atomic mass is 32.2. The van der Waals surface area contributed by atoms with Gasteiger partial charge in [0.05, 0.1) is 26.2 Å². The molecule has 0 saturated carbocycles. The molecule has 1 N–H and O–H groups in total. The van der Waals surface area contributed by atoms with E-state index in [9.17, 15) is 13.2 Å². The van der Waals surface area contributed by atoms with Gasteiger partial charge in [-0.15, -0.1) is 5.10 Å². The van der Waals surface area contributed by atoms with Crippen LogP contribution in [0.4, 0.5) is 6.01 Å². The van der Waals surface area contributed by atoms with Gasteiger partial charge in [0, 0.05) is 24.2 Å². The van der Waals surface area contributed by atoms with Gasteiger partial charge in [0.2, 0.25) is 21.7 Å². The Bertz CT molecular complexity index is 1340. The standard InChI is InChI=1S/C25H30N4O7S/c1-15-10-16(2)14-29(13-15)37(31,32)19-8-6-17(7-9-19)23(30)26-25-28-27-24(36-25)18-11-20(33-3)22(35-5)21(12-18)34-4/h6-9,11-12,15-16H,10,13-14H2,1-5H3,(H,26,28,30)/t15-,16-/m0/s1. The largest absolute Gasteiger partial charge is 0.493 e. The van der Waals surface area contributed by atoms with E-state index in [2.05, 4.69) is 29.4 Å². The quantitative estimate of drug-likeness (QED) is 0.463. The van der Waals surface area contributed by atoms with Crippen molar-refractivity contribution >= 4 is 21.9 Å². The highest BCUT2D eigenvalue weighted by Crippen LogP contribution is 2.41. The molecule has 0 radical (unpaired) electrons. The zero-order valence-electron chi connectivity index (χ0n) is 21.3. The van der Waals surface area contributed by atoms with Crippen molar-refractivity contribution in [2.75, 3.05) is 39.7 Å². The number of piperidine rings is 1. The van der Waals surface area contributed by atoms with Crippen LogP contribution < -0.4 is 19.5 Å². The Labute approximate surface area is 215 Å². The van der Waals surface area contributed by atoms with Crippen LogP contribution in [0.3, 0.4) is 0 Å². The molecular formula is C25H30N4O7S. The molecule has 0 bridgehead atoms. The minimum absolute atomic E-state index is 0.123. The van der Waals surface area contributed by atoms with Gasteiger partial charge >= 0.3 is 6.01 Å². The van der Waals surface area contributed by atoms with Crippen molar-refractivity contribution in [1.82, 2.24) is 14.5 Å². The van der Waals surface area contributed by atoms with E-state index < -0.39 is 15.9 Å². The van der Waals surface area contributed by atoms with Crippen LogP contribution in [0.5, 0.6) is 17.2 Å². The number of methoxy groups -OCH3 is 3. The average molecular weight is 531 g/mol. The molecule has 198 valence electrons. The fourth-order valence-electron chi connectivity index (χ4n) is 4.49. The van der Waals surface area contributed by atoms with Crippen LogP contribution in [0.2, 0.25) is 0 Å². The summed E-state index contributed by atoms with van der Waals surface area (Å²) in [6, 6.07) is 8.94. The number of ether oxygens (including phenoxy) is 3. The lowest BCUT2D eigenvalue weighted by Crippen LogP contribution is -2.42. The van der Waals surface area contributed by atoms with Crippen molar-refractivity contribution in [3.8, 4) is 28.7 Å². The second-order valence-electron chi connectivity index (χ2n) is 9.07. The molecule has 3 aromatic rings. The molecular weight excluding hydrogens is 500 g/mol. The molecule has 37 heavy (non-hydrogen) atoms. The molecule has 0 spiro atoms. The fourth-order valence-corrected chi connectivity index (χ4v) is 6.17. The molecule has 12 heteroatoms. The van der Waals surface area contributed by atoms with Crippen LogP contribution in [0, 0.1) is 11.8 Å². The van der Waals surface area contributed by atoms with Crippen molar-refractivity contribution in [1.29, 1.82) is 0 Å². The summed E-state index contributed by atoms with van der Waals surface area (Å²) in [6.45, 7) is 5.08. The highest BCUT2D eigenvalue weighted by Gasteiger charge is 2.31. The molecule has 0 aliphatic carbocycles. The molecule has 4 rings (SSSR count). The van der Waals surface area contributed by atoms with Gasteiger partial charge in [0.15, 0.2) is 11.5 Å². The Morgan fingerprint density at radius 1 is 0.973 bits per heavy atom. The SMILES string of the molecule is COc1cc(-c2nnc(NC(=O)c3ccc(S(=O)(=O)N4C[C@@H](C)C[C@H](C)C4)cc3)o2)cc(OC)c1OC. The van der Waals surface area contributed by atoms with Gasteiger partial charge in [-0.2, -0.15) is 4.31 Å². The van der Waals surface area contributed by atoms with Gasteiger partial charge < -0.3 is 18.6 Å². The first-order valence-electron chi connectivity index (χ1n) is 11.7. The van der Waals surface area contributed by atoms with Crippen molar-refractivity contribution in [2.45, 2.75) is 25.2 Å². The number of anilines is 1. The number of sulfonamides is 1. The monoisotopic (exact) mass is 530 g/mol. The zero-order valence-corrected chi connectivity index (χ0v) is 22.2. The summed E-state index contributed by atoms with van der Waals surface area (Å²) in [4.78, 5) is 12.9. The molecule has 0 unspecified atom stereocenters. The smallest absolute Gasteiger partial charge is 0.322 e. The van der Waals surface area contributed by atoms with Crippen LogP contribution in [0.1, 0.15) is 30.6 Å². The van der Waals surface area contributed by atoms with Crippen LogP contribution in [-0.2, 0) is 10.0 Å². The first-order chi connectivity index (χ1) is 17.7. The molecule has 11 nitrogen and oxygen atoms in total. The van der Waals surface area contributed by atoms with E-state index in [-0.39, 0.29) is 22.4 Å². The number of hydrogen-bond donors (Lipinski definition) is 1. The van der Waals surface area contributed by atoms with Crippen LogP contribution in [0.15, 0.2) is 45.7 Å². The second kappa shape index (κ2) is 10.8. The molecule has 1 aliphatic rings. The highest BCUT2D eigenvalue weighted by molar-refractivity contribution is 7.89. The minimum atomic E-state index is -3.64. The van der Waals surface area contributed by atoms with E-state index in [1.54, 1.807) is 12.1 Å². The van der Waals surface area contributed by atoms with E-state index >= 15 is 0 Å². The summed E-state index contributed by atoms with van der Waals surface area (Å²) in [6.07, 6.45) is 1.00. The molecule has 2 aromatic carbocycles. The van der Waals surface area contributed by atoms with Gasteiger partial charge in [-0.3, -0.25) is 10.1 Å². The Morgan fingerprint density at radius 3 is 2.11 bits per heavy atom. The molecule has 1 aliphatic heterocycles. The molecule has 1 amide bonds. The number of carbonyl (C=O) groups excluding carboxylic acids is 1. The van der Waals surface area contributed by atoms with E-state index in [0.717, 1.165) is 6.42 Å². The van der Waals surface area contributed by atoms with Crippen molar-refractivity contribution in [3.05, 3.63) is 42.0 Å². The summed E-state index contributed by atoms with van der Waals surface area (Å²) >= 11 is 0. The third-order valence-corrected chi connectivity index (χ3v) is 7.99. The van der Waals surface area contributed by atoms with E-state index in [4.69, 9.17) is 18.6 Å². The average Bonchev–Trinajstić information content (AvgIpc) is 3.35. The third kappa shape index (κ3) is 5.54. The topological polar surface area (TPSA) is 133 Å². The van der Waals surface area contributed by atoms with Crippen LogP contribution >= 0.6 is 0 Å². The van der Waals surface area contributed by atoms with E-state index in [0.29, 0.717) is 47.7 Å². The summed E-state index contributed by atoms with van der Waals surface area (Å²) in [5.74, 6) is 1.42. The number of nitrogens with one attached hydrogen (secondary N) is 1. The van der Waals surface area contributed by atoms with Gasteiger partial charge in [0.25, 0.3) is 5.91 Å². The Kier molecular flexibility index (Phi) is 7.69. The first-order valence-corrected chi connectivity index (χ1v) is 13.2. The van der Waals surface area contributed by atoms with Crippen LogP contribution in [-0.4, -0.2) is 63.2 Å². The number of rotatable bonds is 8. The second-order valence-corrected chi connectivity index (χ2v) is 11.0. The molecule has 1 saturated heterocycles. The third-order valence-electron chi connectivity index (χ3n) is 6.15. The summed E-state index contributed by atoms with van der Waals surface area (Å²) in [5, 5.41) is 10.4. The van der Waals surface area contributed by atoms with Crippen LogP contribution in [0.25, 0.3) is 11.5 Å². The van der Waals surface area contributed by atoms with E-state index in [1.807, 2.05) is 0 Å². The molecule has 1 aromatic heterocycles. The molecule has 1 fully saturated rings. The first kappa shape index (κ1) is 26.4. The van der Waals surface area contributed by atoms with Gasteiger partial charge in [-0.05, 0) is 54.7 Å². The van der Waals surface area contributed by atoms with Crippen molar-refractivity contribution in [3.63, 3.8) is 0 Å². The maximum Gasteiger partial charge on any atom is 0.322 e. The number of aromatic nitrogens is 2. The Hall–Kier alpha value is -3.64. The summed E-state index contributed by atoms with van der Waals surface area (Å²) < 4.78 is 49.3. The number of hydrogen-bond acceptors (Lipinski definition) is 9. The van der Waals surface area contributed by atoms with Gasteiger partial charge in [-0.1, -0.05) is 18.9 Å². The molecule has 2 heterocycles. The normalized spacial score (nSPS) is 18.3. The lowest BCUT2D eigenvalue weighted by atomic mass is 9.94. The van der Waals surface area contributed by atoms with E-state index in [1.165, 1.54) is 49.9 Å². The summed E-state index contributed by atoms with van der Waals surface area (Å²) in [7, 11) is 0.837. The number of nitrogens with zero attached hydrogens (tertiary/aromatic N) is 3. The number of benzene rings is 2. The van der Waals surface area contributed by atoms with Crippen molar-refractivity contribution in [2.24, 2.45) is 11.8 Å². The minimum Gasteiger partial charge on any atom is -0.493 e. The Balaban J connectivity index is 1.48. The number of amides is 1. The number of carbonyl (C=O) groups is 1. The lowest BCUT2D eigenvalue weighted by molar-refractivity contribution is 0.102. The maximum absolute atomic E-state index is 13.1. The summed E-state index contributed by atoms with van der Waals surface area (Å²) in [5.41, 5.74) is 0.741. The zero-order chi connectivity index (χ0) is 26.7. The lowest BCUT2D eigenvalue weighted by Gasteiger charge is -2.34. The molecule has 2 atom stereocenters. The Morgan fingerprint density at radius 2 is 1.57 bits per heavy atom. The maximum atomic E-state index is 13.1. The van der Waals surface area contributed by atoms with Gasteiger partial charge in [0.1, 0.15) is 0 Å². The van der Waals surface area contributed by atoms with Gasteiger partial charge in [-0.25, -0.2) is 8.42 Å². The fraction of sp³-hybridized carbons (Fsp3) is 0.400. The predicted octanol–water partition coefficient (Wildman–Crippen LogP) is 3.68. The predicted molar refractivity (Wildman–Crippen MR) is 135 cm³/mol. The van der Waals surface area contributed by atoms with Crippen molar-refractivity contribution < 1.29 is 31.8 Å².